The molecule has 0 radical (unpaired) electrons. The zero-order chi connectivity index (χ0) is 8.81. The molecule has 72 valence electrons. The maximum absolute atomic E-state index is 8.67. The first-order valence-corrected chi connectivity index (χ1v) is 5.89. The highest BCUT2D eigenvalue weighted by molar-refractivity contribution is 7.99. The van der Waals surface area contributed by atoms with Gasteiger partial charge in [-0.15, -0.1) is 0 Å². The maximum atomic E-state index is 8.67. The molecule has 1 fully saturated rings. The molecule has 1 saturated carbocycles. The van der Waals surface area contributed by atoms with Crippen LogP contribution in [0.1, 0.15) is 26.2 Å². The number of hydrogen-bond acceptors (Lipinski definition) is 3. The molecule has 0 aromatic rings. The Labute approximate surface area is 79.1 Å². The minimum atomic E-state index is 0.264. The van der Waals surface area contributed by atoms with Gasteiger partial charge in [-0.25, -0.2) is 0 Å². The monoisotopic (exact) mass is 189 g/mol. The summed E-state index contributed by atoms with van der Waals surface area (Å²) in [5.41, 5.74) is 0. The van der Waals surface area contributed by atoms with Crippen LogP contribution in [0.4, 0.5) is 0 Å². The molecule has 2 atom stereocenters. The molecule has 1 aliphatic rings. The molecule has 0 aliphatic heterocycles. The van der Waals surface area contributed by atoms with Crippen molar-refractivity contribution in [2.75, 3.05) is 18.9 Å². The molecule has 2 unspecified atom stereocenters. The fraction of sp³-hybridized carbons (Fsp3) is 1.00. The quantitative estimate of drug-likeness (QED) is 0.682. The Kier molecular flexibility index (Phi) is 5.04. The molecule has 3 heteroatoms. The average molecular weight is 189 g/mol. The van der Waals surface area contributed by atoms with E-state index in [9.17, 15) is 0 Å². The van der Waals surface area contributed by atoms with E-state index in [-0.39, 0.29) is 6.61 Å². The molecule has 2 N–H and O–H groups in total. The van der Waals surface area contributed by atoms with Gasteiger partial charge in [0.25, 0.3) is 0 Å². The molecule has 2 nitrogen and oxygen atoms in total. The minimum Gasteiger partial charge on any atom is -0.395 e. The van der Waals surface area contributed by atoms with Crippen LogP contribution in [0.25, 0.3) is 0 Å². The van der Waals surface area contributed by atoms with Gasteiger partial charge in [0.1, 0.15) is 0 Å². The molecule has 0 saturated heterocycles. The number of nitrogens with one attached hydrogen (secondary N) is 1. The van der Waals surface area contributed by atoms with Crippen molar-refractivity contribution in [2.24, 2.45) is 0 Å². The molecule has 0 heterocycles. The van der Waals surface area contributed by atoms with Crippen LogP contribution in [0, 0.1) is 0 Å². The predicted octanol–water partition coefficient (Wildman–Crippen LogP) is 1.24. The normalized spacial score (nSPS) is 29.5. The van der Waals surface area contributed by atoms with Crippen molar-refractivity contribution >= 4 is 11.8 Å². The fourth-order valence-electron chi connectivity index (χ4n) is 1.82. The summed E-state index contributed by atoms with van der Waals surface area (Å²) < 4.78 is 0. The number of thioether (sulfide) groups is 1. The lowest BCUT2D eigenvalue weighted by atomic mass is 10.2. The molecule has 1 rings (SSSR count). The highest BCUT2D eigenvalue weighted by Crippen LogP contribution is 2.29. The standard InChI is InChI=1S/C9H19NOS/c1-2-12-9-5-3-4-8(9)10-6-7-11/h8-11H,2-7H2,1H3. The van der Waals surface area contributed by atoms with Gasteiger partial charge in [-0.3, -0.25) is 0 Å². The minimum absolute atomic E-state index is 0.264. The summed E-state index contributed by atoms with van der Waals surface area (Å²) in [6, 6.07) is 0.655. The highest BCUT2D eigenvalue weighted by Gasteiger charge is 2.25. The van der Waals surface area contributed by atoms with Crippen LogP contribution < -0.4 is 5.32 Å². The lowest BCUT2D eigenvalue weighted by molar-refractivity contribution is 0.285. The van der Waals surface area contributed by atoms with Crippen molar-refractivity contribution in [1.29, 1.82) is 0 Å². The SMILES string of the molecule is CCSC1CCCC1NCCO. The predicted molar refractivity (Wildman–Crippen MR) is 54.6 cm³/mol. The summed E-state index contributed by atoms with van der Waals surface area (Å²) in [6.07, 6.45) is 3.99. The summed E-state index contributed by atoms with van der Waals surface area (Å²) in [7, 11) is 0. The van der Waals surface area contributed by atoms with Crippen LogP contribution in [0.3, 0.4) is 0 Å². The number of rotatable bonds is 5. The van der Waals surface area contributed by atoms with E-state index in [1.807, 2.05) is 0 Å². The molecule has 0 spiro atoms. The van der Waals surface area contributed by atoms with Crippen molar-refractivity contribution in [1.82, 2.24) is 5.32 Å². The Bertz CT molecular complexity index is 121. The third kappa shape index (κ3) is 2.96. The second-order valence-corrected chi connectivity index (χ2v) is 4.73. The van der Waals surface area contributed by atoms with Gasteiger partial charge in [0.15, 0.2) is 0 Å². The number of aliphatic hydroxyl groups is 1. The second-order valence-electron chi connectivity index (χ2n) is 3.21. The van der Waals surface area contributed by atoms with Crippen molar-refractivity contribution in [3.05, 3.63) is 0 Å². The molecule has 0 aromatic carbocycles. The summed E-state index contributed by atoms with van der Waals surface area (Å²) in [5, 5.41) is 12.9. The highest BCUT2D eigenvalue weighted by atomic mass is 32.2. The zero-order valence-corrected chi connectivity index (χ0v) is 8.57. The van der Waals surface area contributed by atoms with Crippen LogP contribution in [-0.2, 0) is 0 Å². The van der Waals surface area contributed by atoms with E-state index in [0.29, 0.717) is 6.04 Å². The van der Waals surface area contributed by atoms with Gasteiger partial charge in [-0.2, -0.15) is 11.8 Å². The lowest BCUT2D eigenvalue weighted by Gasteiger charge is -2.19. The van der Waals surface area contributed by atoms with Crippen LogP contribution >= 0.6 is 11.8 Å². The molecule has 12 heavy (non-hydrogen) atoms. The number of aliphatic hydroxyl groups excluding tert-OH is 1. The Morgan fingerprint density at radius 1 is 1.50 bits per heavy atom. The van der Waals surface area contributed by atoms with Crippen molar-refractivity contribution in [3.8, 4) is 0 Å². The Morgan fingerprint density at radius 2 is 2.33 bits per heavy atom. The fourth-order valence-corrected chi connectivity index (χ4v) is 3.05. The molecule has 0 amide bonds. The third-order valence-corrected chi connectivity index (χ3v) is 3.68. The molecular weight excluding hydrogens is 170 g/mol. The molecule has 1 aliphatic carbocycles. The number of hydrogen-bond donors (Lipinski definition) is 2. The van der Waals surface area contributed by atoms with Gasteiger partial charge in [0.2, 0.25) is 0 Å². The summed E-state index contributed by atoms with van der Waals surface area (Å²) >= 11 is 2.05. The average Bonchev–Trinajstić information content (AvgIpc) is 2.50. The first kappa shape index (κ1) is 10.4. The summed E-state index contributed by atoms with van der Waals surface area (Å²) in [6.45, 7) is 3.23. The van der Waals surface area contributed by atoms with Crippen LogP contribution in [0.2, 0.25) is 0 Å². The largest absolute Gasteiger partial charge is 0.395 e. The van der Waals surface area contributed by atoms with Crippen LogP contribution in [0.5, 0.6) is 0 Å². The van der Waals surface area contributed by atoms with E-state index in [0.717, 1.165) is 11.8 Å². The van der Waals surface area contributed by atoms with Gasteiger partial charge in [-0.05, 0) is 18.6 Å². The Balaban J connectivity index is 2.20. The van der Waals surface area contributed by atoms with Gasteiger partial charge in [0, 0.05) is 17.8 Å². The maximum Gasteiger partial charge on any atom is 0.0556 e. The molecule has 0 aromatic heterocycles. The van der Waals surface area contributed by atoms with E-state index >= 15 is 0 Å². The van der Waals surface area contributed by atoms with Gasteiger partial charge < -0.3 is 10.4 Å². The van der Waals surface area contributed by atoms with Gasteiger partial charge in [-0.1, -0.05) is 13.3 Å². The zero-order valence-electron chi connectivity index (χ0n) is 7.75. The second kappa shape index (κ2) is 5.84. The van der Waals surface area contributed by atoms with Gasteiger partial charge >= 0.3 is 0 Å². The van der Waals surface area contributed by atoms with Crippen LogP contribution in [0.15, 0.2) is 0 Å². The van der Waals surface area contributed by atoms with Crippen molar-refractivity contribution < 1.29 is 5.11 Å². The van der Waals surface area contributed by atoms with E-state index < -0.39 is 0 Å². The van der Waals surface area contributed by atoms with Crippen molar-refractivity contribution in [3.63, 3.8) is 0 Å². The Hall–Kier alpha value is 0.270. The summed E-state index contributed by atoms with van der Waals surface area (Å²) in [4.78, 5) is 0. The topological polar surface area (TPSA) is 32.3 Å². The third-order valence-electron chi connectivity index (χ3n) is 2.35. The molecule has 0 bridgehead atoms. The van der Waals surface area contributed by atoms with Crippen LogP contribution in [-0.4, -0.2) is 35.3 Å². The van der Waals surface area contributed by atoms with E-state index in [1.165, 1.54) is 25.0 Å². The van der Waals surface area contributed by atoms with E-state index in [1.54, 1.807) is 0 Å². The summed E-state index contributed by atoms with van der Waals surface area (Å²) in [5.74, 6) is 1.21. The van der Waals surface area contributed by atoms with E-state index in [2.05, 4.69) is 24.0 Å². The van der Waals surface area contributed by atoms with Gasteiger partial charge in [0.05, 0.1) is 6.61 Å². The molecular formula is C9H19NOS. The van der Waals surface area contributed by atoms with E-state index in [4.69, 9.17) is 5.11 Å². The smallest absolute Gasteiger partial charge is 0.0556 e. The lowest BCUT2D eigenvalue weighted by Crippen LogP contribution is -2.35. The van der Waals surface area contributed by atoms with Crippen molar-refractivity contribution in [2.45, 2.75) is 37.5 Å². The first-order chi connectivity index (χ1) is 5.88. The Morgan fingerprint density at radius 3 is 3.00 bits per heavy atom. The first-order valence-electron chi connectivity index (χ1n) is 4.84.